The number of carbonyl (C=O) groups is 2. The predicted molar refractivity (Wildman–Crippen MR) is 89.5 cm³/mol. The molecule has 6 nitrogen and oxygen atoms in total. The van der Waals surface area contributed by atoms with Gasteiger partial charge < -0.3 is 15.2 Å². The Morgan fingerprint density at radius 2 is 1.88 bits per heavy atom. The Morgan fingerprint density at radius 3 is 2.44 bits per heavy atom. The highest BCUT2D eigenvalue weighted by atomic mass is 19.1. The summed E-state index contributed by atoms with van der Waals surface area (Å²) < 4.78 is 17.9. The molecule has 1 amide bonds. The van der Waals surface area contributed by atoms with E-state index in [4.69, 9.17) is 4.74 Å². The molecule has 1 aromatic carbocycles. The van der Waals surface area contributed by atoms with Crippen molar-refractivity contribution in [3.63, 3.8) is 0 Å². The van der Waals surface area contributed by atoms with Crippen LogP contribution in [0.15, 0.2) is 36.5 Å². The van der Waals surface area contributed by atoms with E-state index < -0.39 is 17.4 Å². The minimum atomic E-state index is -1.27. The molecule has 0 aliphatic heterocycles. The molecule has 0 atom stereocenters. The summed E-state index contributed by atoms with van der Waals surface area (Å²) in [5, 5.41) is 12.6. The average molecular weight is 346 g/mol. The second-order valence-electron chi connectivity index (χ2n) is 5.90. The van der Waals surface area contributed by atoms with Crippen LogP contribution in [-0.4, -0.2) is 34.1 Å². The second-order valence-corrected chi connectivity index (χ2v) is 5.90. The summed E-state index contributed by atoms with van der Waals surface area (Å²) in [6, 6.07) is 7.00. The van der Waals surface area contributed by atoms with Crippen LogP contribution in [0.2, 0.25) is 0 Å². The van der Waals surface area contributed by atoms with Crippen molar-refractivity contribution >= 4 is 11.9 Å². The first kappa shape index (κ1) is 18.4. The third kappa shape index (κ3) is 4.32. The van der Waals surface area contributed by atoms with E-state index in [1.165, 1.54) is 50.4 Å². The Bertz CT molecular complexity index is 788. The van der Waals surface area contributed by atoms with Crippen molar-refractivity contribution in [3.05, 3.63) is 48.0 Å². The highest BCUT2D eigenvalue weighted by Crippen LogP contribution is 2.25. The molecule has 2 rings (SSSR count). The van der Waals surface area contributed by atoms with Crippen molar-refractivity contribution in [1.29, 1.82) is 0 Å². The third-order valence-corrected chi connectivity index (χ3v) is 3.47. The normalized spacial score (nSPS) is 11.0. The van der Waals surface area contributed by atoms with Crippen LogP contribution in [0.5, 0.6) is 5.75 Å². The van der Waals surface area contributed by atoms with E-state index >= 15 is 0 Å². The van der Waals surface area contributed by atoms with Gasteiger partial charge in [-0.1, -0.05) is 12.1 Å². The number of halogens is 1. The van der Waals surface area contributed by atoms with Crippen LogP contribution in [0.4, 0.5) is 4.39 Å². The molecule has 0 bridgehead atoms. The molecular formula is C18H19FN2O4. The number of nitrogens with one attached hydrogen (secondary N) is 1. The first-order valence-electron chi connectivity index (χ1n) is 7.69. The molecular weight excluding hydrogens is 327 g/mol. The zero-order chi connectivity index (χ0) is 18.6. The quantitative estimate of drug-likeness (QED) is 0.813. The summed E-state index contributed by atoms with van der Waals surface area (Å²) in [4.78, 5) is 28.1. The van der Waals surface area contributed by atoms with Gasteiger partial charge in [0.05, 0.1) is 6.61 Å². The number of carbonyl (C=O) groups excluding carboxylic acids is 2. The maximum Gasteiger partial charge on any atom is 0.331 e. The largest absolute Gasteiger partial charge is 0.505 e. The molecule has 0 aliphatic rings. The van der Waals surface area contributed by atoms with E-state index in [1.807, 2.05) is 0 Å². The highest BCUT2D eigenvalue weighted by molar-refractivity contribution is 5.98. The van der Waals surface area contributed by atoms with Gasteiger partial charge in [-0.15, -0.1) is 0 Å². The van der Waals surface area contributed by atoms with E-state index in [2.05, 4.69) is 10.3 Å². The molecule has 0 unspecified atom stereocenters. The molecule has 0 saturated heterocycles. The number of pyridine rings is 1. The van der Waals surface area contributed by atoms with Gasteiger partial charge in [0.1, 0.15) is 17.1 Å². The minimum Gasteiger partial charge on any atom is -0.505 e. The first-order valence-corrected chi connectivity index (χ1v) is 7.69. The monoisotopic (exact) mass is 346 g/mol. The summed E-state index contributed by atoms with van der Waals surface area (Å²) in [5.74, 6) is -2.02. The van der Waals surface area contributed by atoms with Gasteiger partial charge in [-0.05, 0) is 44.5 Å². The standard InChI is InChI=1S/C18H19FN2O4/c1-4-25-17(24)18(2,3)21-16(23)15-14(22)9-12(10-20-15)11-5-7-13(19)8-6-11/h5-10,22H,4H2,1-3H3,(H,21,23). The molecule has 0 spiro atoms. The summed E-state index contributed by atoms with van der Waals surface area (Å²) >= 11 is 0. The molecule has 7 heteroatoms. The molecule has 132 valence electrons. The van der Waals surface area contributed by atoms with Crippen molar-refractivity contribution in [2.24, 2.45) is 0 Å². The van der Waals surface area contributed by atoms with Crippen LogP contribution in [0, 0.1) is 5.82 Å². The van der Waals surface area contributed by atoms with Crippen molar-refractivity contribution in [1.82, 2.24) is 10.3 Å². The first-order chi connectivity index (χ1) is 11.7. The molecule has 0 fully saturated rings. The molecule has 1 heterocycles. The van der Waals surface area contributed by atoms with E-state index in [0.717, 1.165) is 0 Å². The fourth-order valence-electron chi connectivity index (χ4n) is 2.13. The van der Waals surface area contributed by atoms with Gasteiger partial charge in [0.25, 0.3) is 5.91 Å². The average Bonchev–Trinajstić information content (AvgIpc) is 2.55. The van der Waals surface area contributed by atoms with E-state index in [1.54, 1.807) is 6.92 Å². The minimum absolute atomic E-state index is 0.188. The van der Waals surface area contributed by atoms with E-state index in [0.29, 0.717) is 11.1 Å². The van der Waals surface area contributed by atoms with Crippen LogP contribution >= 0.6 is 0 Å². The van der Waals surface area contributed by atoms with Gasteiger partial charge in [0.15, 0.2) is 5.69 Å². The number of aromatic nitrogens is 1. The zero-order valence-electron chi connectivity index (χ0n) is 14.2. The number of ether oxygens (including phenoxy) is 1. The highest BCUT2D eigenvalue weighted by Gasteiger charge is 2.32. The summed E-state index contributed by atoms with van der Waals surface area (Å²) in [6.07, 6.45) is 1.39. The van der Waals surface area contributed by atoms with Crippen molar-refractivity contribution in [2.75, 3.05) is 6.61 Å². The molecule has 25 heavy (non-hydrogen) atoms. The maximum absolute atomic E-state index is 13.0. The number of nitrogens with zero attached hydrogens (tertiary/aromatic N) is 1. The molecule has 0 aliphatic carbocycles. The number of benzene rings is 1. The lowest BCUT2D eigenvalue weighted by Gasteiger charge is -2.23. The molecule has 1 aromatic heterocycles. The van der Waals surface area contributed by atoms with Gasteiger partial charge in [-0.3, -0.25) is 4.79 Å². The van der Waals surface area contributed by atoms with E-state index in [-0.39, 0.29) is 23.9 Å². The number of rotatable bonds is 5. The van der Waals surface area contributed by atoms with Gasteiger partial charge >= 0.3 is 5.97 Å². The number of esters is 1. The lowest BCUT2D eigenvalue weighted by atomic mass is 10.0. The summed E-state index contributed by atoms with van der Waals surface area (Å²) in [6.45, 7) is 4.84. The van der Waals surface area contributed by atoms with Gasteiger partial charge in [0.2, 0.25) is 0 Å². The Morgan fingerprint density at radius 1 is 1.24 bits per heavy atom. The van der Waals surface area contributed by atoms with Crippen molar-refractivity contribution in [2.45, 2.75) is 26.3 Å². The molecule has 0 saturated carbocycles. The zero-order valence-corrected chi connectivity index (χ0v) is 14.2. The van der Waals surface area contributed by atoms with Crippen LogP contribution < -0.4 is 5.32 Å². The Labute approximate surface area is 144 Å². The Hall–Kier alpha value is -2.96. The molecule has 2 N–H and O–H groups in total. The summed E-state index contributed by atoms with van der Waals surface area (Å²) in [7, 11) is 0. The number of hydrogen-bond acceptors (Lipinski definition) is 5. The fourth-order valence-corrected chi connectivity index (χ4v) is 2.13. The molecule has 2 aromatic rings. The Kier molecular flexibility index (Phi) is 5.36. The fraction of sp³-hybridized carbons (Fsp3) is 0.278. The lowest BCUT2D eigenvalue weighted by Crippen LogP contribution is -2.50. The smallest absolute Gasteiger partial charge is 0.331 e. The van der Waals surface area contributed by atoms with Crippen LogP contribution in [-0.2, 0) is 9.53 Å². The van der Waals surface area contributed by atoms with Gasteiger partial charge in [-0.25, -0.2) is 14.2 Å². The topological polar surface area (TPSA) is 88.5 Å². The van der Waals surface area contributed by atoms with Crippen LogP contribution in [0.1, 0.15) is 31.3 Å². The number of hydrogen-bond donors (Lipinski definition) is 2. The Balaban J connectivity index is 2.21. The van der Waals surface area contributed by atoms with Gasteiger partial charge in [-0.2, -0.15) is 0 Å². The van der Waals surface area contributed by atoms with E-state index in [9.17, 15) is 19.1 Å². The number of aromatic hydroxyl groups is 1. The second kappa shape index (κ2) is 7.29. The number of amides is 1. The van der Waals surface area contributed by atoms with Crippen LogP contribution in [0.25, 0.3) is 11.1 Å². The maximum atomic E-state index is 13.0. The third-order valence-electron chi connectivity index (χ3n) is 3.47. The van der Waals surface area contributed by atoms with Gasteiger partial charge in [0, 0.05) is 11.8 Å². The lowest BCUT2D eigenvalue weighted by molar-refractivity contribution is -0.149. The van der Waals surface area contributed by atoms with Crippen molar-refractivity contribution < 1.29 is 23.8 Å². The SMILES string of the molecule is CCOC(=O)C(C)(C)NC(=O)c1ncc(-c2ccc(F)cc2)cc1O. The predicted octanol–water partition coefficient (Wildman–Crippen LogP) is 2.66. The van der Waals surface area contributed by atoms with Crippen LogP contribution in [0.3, 0.4) is 0 Å². The summed E-state index contributed by atoms with van der Waals surface area (Å²) in [5.41, 5.74) is -0.318. The van der Waals surface area contributed by atoms with Crippen molar-refractivity contribution in [3.8, 4) is 16.9 Å². The molecule has 0 radical (unpaired) electrons.